The van der Waals surface area contributed by atoms with Gasteiger partial charge in [0.15, 0.2) is 6.29 Å². The third-order valence-corrected chi connectivity index (χ3v) is 4.06. The third kappa shape index (κ3) is 1.68. The summed E-state index contributed by atoms with van der Waals surface area (Å²) in [5.74, 6) is 0.411. The topological polar surface area (TPSA) is 60.7 Å². The molecule has 2 aromatic rings. The molecular weight excluding hydrogens is 236 g/mol. The Balaban J connectivity index is 2.09. The number of aldehydes is 1. The number of hydrogen-bond donors (Lipinski definition) is 0. The zero-order chi connectivity index (χ0) is 11.8. The van der Waals surface area contributed by atoms with Crippen molar-refractivity contribution in [3.05, 3.63) is 22.5 Å². The lowest BCUT2D eigenvalue weighted by atomic mass is 9.82. The fourth-order valence-electron chi connectivity index (χ4n) is 2.03. The van der Waals surface area contributed by atoms with E-state index < -0.39 is 0 Å². The third-order valence-electron chi connectivity index (χ3n) is 3.12. The van der Waals surface area contributed by atoms with Gasteiger partial charge in [0, 0.05) is 11.3 Å². The van der Waals surface area contributed by atoms with E-state index in [0.29, 0.717) is 11.6 Å². The van der Waals surface area contributed by atoms with Crippen LogP contribution in [-0.4, -0.2) is 26.3 Å². The van der Waals surface area contributed by atoms with Gasteiger partial charge in [0.25, 0.3) is 0 Å². The molecule has 0 spiro atoms. The van der Waals surface area contributed by atoms with Gasteiger partial charge in [0.2, 0.25) is 5.13 Å². The number of rotatable bonds is 3. The second kappa shape index (κ2) is 4.03. The maximum absolute atomic E-state index is 11.0. The second-order valence-corrected chi connectivity index (χ2v) is 5.13. The van der Waals surface area contributed by atoms with Crippen LogP contribution in [0.2, 0.25) is 0 Å². The zero-order valence-electron chi connectivity index (χ0n) is 9.46. The molecule has 0 aromatic carbocycles. The quantitative estimate of drug-likeness (QED) is 0.780. The highest BCUT2D eigenvalue weighted by Crippen LogP contribution is 2.38. The van der Waals surface area contributed by atoms with Crippen molar-refractivity contribution in [2.45, 2.75) is 32.1 Å². The summed E-state index contributed by atoms with van der Waals surface area (Å²) in [7, 11) is 0. The van der Waals surface area contributed by atoms with E-state index in [4.69, 9.17) is 0 Å². The Hall–Kier alpha value is -1.56. The van der Waals surface area contributed by atoms with Crippen LogP contribution in [0.25, 0.3) is 5.13 Å². The Kier molecular flexibility index (Phi) is 2.51. The molecule has 0 amide bonds. The summed E-state index contributed by atoms with van der Waals surface area (Å²) in [5, 5.41) is 10.8. The molecule has 1 aliphatic carbocycles. The first kappa shape index (κ1) is 10.6. The van der Waals surface area contributed by atoms with Gasteiger partial charge < -0.3 is 0 Å². The Labute approximate surface area is 102 Å². The summed E-state index contributed by atoms with van der Waals surface area (Å²) >= 11 is 1.53. The average Bonchev–Trinajstić information content (AvgIpc) is 2.82. The van der Waals surface area contributed by atoms with Crippen LogP contribution >= 0.6 is 11.3 Å². The molecule has 1 fully saturated rings. The highest BCUT2D eigenvalue weighted by molar-refractivity contribution is 7.12. The molecule has 0 unspecified atom stereocenters. The Bertz CT molecular complexity index is 556. The molecule has 0 N–H and O–H groups in total. The van der Waals surface area contributed by atoms with Crippen molar-refractivity contribution in [3.8, 4) is 5.13 Å². The van der Waals surface area contributed by atoms with Crippen molar-refractivity contribution in [1.29, 1.82) is 0 Å². The minimum Gasteiger partial charge on any atom is -0.296 e. The average molecular weight is 248 g/mol. The van der Waals surface area contributed by atoms with Crippen LogP contribution in [0.3, 0.4) is 0 Å². The summed E-state index contributed by atoms with van der Waals surface area (Å²) < 4.78 is 1.73. The minimum atomic E-state index is 0.411. The van der Waals surface area contributed by atoms with Crippen LogP contribution in [0, 0.1) is 6.92 Å². The first-order valence-electron chi connectivity index (χ1n) is 5.63. The number of thiazole rings is 1. The maximum Gasteiger partial charge on any atom is 0.212 e. The van der Waals surface area contributed by atoms with E-state index in [1.165, 1.54) is 17.8 Å². The molecule has 0 aliphatic heterocycles. The fourth-order valence-corrected chi connectivity index (χ4v) is 2.79. The molecule has 17 heavy (non-hydrogen) atoms. The van der Waals surface area contributed by atoms with Gasteiger partial charge in [-0.3, -0.25) is 4.79 Å². The van der Waals surface area contributed by atoms with E-state index >= 15 is 0 Å². The predicted molar refractivity (Wildman–Crippen MR) is 63.7 cm³/mol. The number of carbonyl (C=O) groups excluding carboxylic acids is 1. The molecule has 2 aromatic heterocycles. The van der Waals surface area contributed by atoms with Crippen LogP contribution in [0.5, 0.6) is 0 Å². The molecule has 88 valence electrons. The standard InChI is InChI=1S/C11H12N4OS/c1-7-6-17-11(12-7)15-10(8-3-2-4-8)9(5-16)13-14-15/h5-6,8H,2-4H2,1H3. The molecule has 6 heteroatoms. The number of aryl methyl sites for hydroxylation is 1. The molecule has 0 bridgehead atoms. The Morgan fingerprint density at radius 3 is 2.88 bits per heavy atom. The van der Waals surface area contributed by atoms with Crippen LogP contribution in [0.15, 0.2) is 5.38 Å². The van der Waals surface area contributed by atoms with E-state index in [1.54, 1.807) is 4.68 Å². The van der Waals surface area contributed by atoms with E-state index in [1.807, 2.05) is 12.3 Å². The molecule has 3 rings (SSSR count). The SMILES string of the molecule is Cc1csc(-n2nnc(C=O)c2C2CCC2)n1. The van der Waals surface area contributed by atoms with Gasteiger partial charge in [-0.25, -0.2) is 4.98 Å². The first-order chi connectivity index (χ1) is 8.29. The van der Waals surface area contributed by atoms with Crippen LogP contribution in [0.4, 0.5) is 0 Å². The smallest absolute Gasteiger partial charge is 0.212 e. The van der Waals surface area contributed by atoms with Crippen molar-refractivity contribution in [1.82, 2.24) is 20.0 Å². The van der Waals surface area contributed by atoms with Gasteiger partial charge in [-0.15, -0.1) is 16.4 Å². The molecule has 0 atom stereocenters. The first-order valence-corrected chi connectivity index (χ1v) is 6.51. The lowest BCUT2D eigenvalue weighted by molar-refractivity contribution is 0.111. The van der Waals surface area contributed by atoms with E-state index in [-0.39, 0.29) is 0 Å². The summed E-state index contributed by atoms with van der Waals surface area (Å²) in [6, 6.07) is 0. The largest absolute Gasteiger partial charge is 0.296 e. The normalized spacial score (nSPS) is 15.8. The molecule has 1 saturated carbocycles. The van der Waals surface area contributed by atoms with Gasteiger partial charge >= 0.3 is 0 Å². The van der Waals surface area contributed by atoms with Gasteiger partial charge in [0.05, 0.1) is 11.4 Å². The highest BCUT2D eigenvalue weighted by atomic mass is 32.1. The lowest BCUT2D eigenvalue weighted by Crippen LogP contribution is -2.15. The summed E-state index contributed by atoms with van der Waals surface area (Å²) in [6.45, 7) is 1.95. The van der Waals surface area contributed by atoms with Crippen molar-refractivity contribution in [2.75, 3.05) is 0 Å². The lowest BCUT2D eigenvalue weighted by Gasteiger charge is -2.25. The van der Waals surface area contributed by atoms with Gasteiger partial charge in [-0.05, 0) is 19.8 Å². The van der Waals surface area contributed by atoms with Crippen molar-refractivity contribution in [3.63, 3.8) is 0 Å². The summed E-state index contributed by atoms with van der Waals surface area (Å²) in [5.41, 5.74) is 2.36. The second-order valence-electron chi connectivity index (χ2n) is 4.29. The molecule has 5 nitrogen and oxygen atoms in total. The number of carbonyl (C=O) groups is 1. The Morgan fingerprint density at radius 1 is 1.53 bits per heavy atom. The zero-order valence-corrected chi connectivity index (χ0v) is 10.3. The highest BCUT2D eigenvalue weighted by Gasteiger charge is 2.28. The minimum absolute atomic E-state index is 0.411. The van der Waals surface area contributed by atoms with Gasteiger partial charge in [-0.2, -0.15) is 4.68 Å². The van der Waals surface area contributed by atoms with Crippen LogP contribution in [-0.2, 0) is 0 Å². The molecule has 2 heterocycles. The van der Waals surface area contributed by atoms with E-state index in [2.05, 4.69) is 15.3 Å². The molecule has 0 saturated heterocycles. The van der Waals surface area contributed by atoms with E-state index in [9.17, 15) is 4.79 Å². The van der Waals surface area contributed by atoms with Gasteiger partial charge in [0.1, 0.15) is 5.69 Å². The predicted octanol–water partition coefficient (Wildman–Crippen LogP) is 2.11. The summed E-state index contributed by atoms with van der Waals surface area (Å²) in [6.07, 6.45) is 4.22. The number of nitrogens with zero attached hydrogens (tertiary/aromatic N) is 4. The number of aromatic nitrogens is 4. The maximum atomic E-state index is 11.0. The molecular formula is C11H12N4OS. The van der Waals surface area contributed by atoms with Gasteiger partial charge in [-0.1, -0.05) is 11.6 Å². The van der Waals surface area contributed by atoms with Crippen molar-refractivity contribution < 1.29 is 4.79 Å². The van der Waals surface area contributed by atoms with Crippen LogP contribution < -0.4 is 0 Å². The number of hydrogen-bond acceptors (Lipinski definition) is 5. The fraction of sp³-hybridized carbons (Fsp3) is 0.455. The molecule has 1 aliphatic rings. The van der Waals surface area contributed by atoms with Crippen molar-refractivity contribution >= 4 is 17.6 Å². The monoisotopic (exact) mass is 248 g/mol. The van der Waals surface area contributed by atoms with Crippen LogP contribution in [0.1, 0.15) is 47.1 Å². The van der Waals surface area contributed by atoms with E-state index in [0.717, 1.165) is 35.6 Å². The Morgan fingerprint density at radius 2 is 2.35 bits per heavy atom. The summed E-state index contributed by atoms with van der Waals surface area (Å²) in [4.78, 5) is 15.4. The van der Waals surface area contributed by atoms with Crippen molar-refractivity contribution in [2.24, 2.45) is 0 Å². The molecule has 0 radical (unpaired) electrons.